The van der Waals surface area contributed by atoms with Gasteiger partial charge in [0.2, 0.25) is 5.91 Å². The fraction of sp³-hybridized carbons (Fsp3) is 0.400. The first-order valence-corrected chi connectivity index (χ1v) is 7.76. The summed E-state index contributed by atoms with van der Waals surface area (Å²) >= 11 is 3.21. The maximum Gasteiger partial charge on any atom is 0.335 e. The summed E-state index contributed by atoms with van der Waals surface area (Å²) in [5.41, 5.74) is 0.367. The predicted molar refractivity (Wildman–Crippen MR) is 83.8 cm³/mol. The van der Waals surface area contributed by atoms with Crippen LogP contribution in [0.15, 0.2) is 22.7 Å². The van der Waals surface area contributed by atoms with Crippen LogP contribution in [-0.2, 0) is 4.79 Å². The van der Waals surface area contributed by atoms with Gasteiger partial charge in [0.1, 0.15) is 0 Å². The summed E-state index contributed by atoms with van der Waals surface area (Å²) in [5.74, 6) is -1.34. The number of nitrogens with zero attached hydrogens (tertiary/aromatic N) is 1. The lowest BCUT2D eigenvalue weighted by atomic mass is 10.0. The maximum absolute atomic E-state index is 12.2. The lowest BCUT2D eigenvalue weighted by molar-refractivity contribution is -0.129. The largest absolute Gasteiger partial charge is 0.478 e. The lowest BCUT2D eigenvalue weighted by Gasteiger charge is -2.31. The number of likely N-dealkylation sites (tertiary alicyclic amines) is 1. The number of benzene rings is 1. The van der Waals surface area contributed by atoms with Crippen LogP contribution < -0.4 is 5.32 Å². The number of piperidine rings is 1. The molecule has 1 aromatic carbocycles. The van der Waals surface area contributed by atoms with Crippen molar-refractivity contribution < 1.29 is 19.5 Å². The number of carbonyl (C=O) groups is 3. The van der Waals surface area contributed by atoms with Crippen LogP contribution in [-0.4, -0.2) is 46.9 Å². The van der Waals surface area contributed by atoms with Gasteiger partial charge in [-0.1, -0.05) is 15.9 Å². The summed E-state index contributed by atoms with van der Waals surface area (Å²) in [6.45, 7) is 2.78. The van der Waals surface area contributed by atoms with Crippen LogP contribution in [0.25, 0.3) is 0 Å². The molecule has 1 aliphatic heterocycles. The number of amides is 2. The van der Waals surface area contributed by atoms with Gasteiger partial charge in [-0.15, -0.1) is 0 Å². The Morgan fingerprint density at radius 3 is 2.32 bits per heavy atom. The molecule has 0 aromatic heterocycles. The highest BCUT2D eigenvalue weighted by Gasteiger charge is 2.22. The van der Waals surface area contributed by atoms with Gasteiger partial charge in [-0.05, 0) is 31.0 Å². The second-order valence-corrected chi connectivity index (χ2v) is 6.20. The Labute approximate surface area is 136 Å². The summed E-state index contributed by atoms with van der Waals surface area (Å²) in [4.78, 5) is 36.3. The topological polar surface area (TPSA) is 86.7 Å². The van der Waals surface area contributed by atoms with E-state index in [1.165, 1.54) is 19.1 Å². The monoisotopic (exact) mass is 368 g/mol. The second kappa shape index (κ2) is 6.91. The number of hydrogen-bond donors (Lipinski definition) is 2. The standard InChI is InChI=1S/C15H17BrN2O4/c1-9(19)18-4-2-13(3-5-18)17-14(20)10-6-11(15(21)22)8-12(16)7-10/h6-8,13H,2-5H2,1H3,(H,17,20)(H,21,22). The molecule has 1 heterocycles. The highest BCUT2D eigenvalue weighted by Crippen LogP contribution is 2.17. The first-order valence-electron chi connectivity index (χ1n) is 6.97. The molecule has 22 heavy (non-hydrogen) atoms. The molecule has 118 valence electrons. The van der Waals surface area contributed by atoms with E-state index in [4.69, 9.17) is 5.11 Å². The molecular formula is C15H17BrN2O4. The van der Waals surface area contributed by atoms with Crippen molar-refractivity contribution in [3.63, 3.8) is 0 Å². The van der Waals surface area contributed by atoms with Gasteiger partial charge in [0.05, 0.1) is 5.56 Å². The fourth-order valence-electron chi connectivity index (χ4n) is 2.45. The maximum atomic E-state index is 12.2. The number of rotatable bonds is 3. The van der Waals surface area contributed by atoms with Crippen molar-refractivity contribution in [2.45, 2.75) is 25.8 Å². The molecular weight excluding hydrogens is 352 g/mol. The summed E-state index contributed by atoms with van der Waals surface area (Å²) in [5, 5.41) is 11.9. The Bertz CT molecular complexity index is 610. The molecule has 6 nitrogen and oxygen atoms in total. The molecule has 1 aromatic rings. The molecule has 1 saturated heterocycles. The Hall–Kier alpha value is -1.89. The first-order chi connectivity index (χ1) is 10.4. The number of halogens is 1. The van der Waals surface area contributed by atoms with Crippen molar-refractivity contribution in [2.75, 3.05) is 13.1 Å². The summed E-state index contributed by atoms with van der Waals surface area (Å²) in [6.07, 6.45) is 1.40. The van der Waals surface area contributed by atoms with Crippen molar-refractivity contribution in [2.24, 2.45) is 0 Å². The first kappa shape index (κ1) is 16.5. The van der Waals surface area contributed by atoms with E-state index in [1.807, 2.05) is 0 Å². The van der Waals surface area contributed by atoms with Crippen molar-refractivity contribution >= 4 is 33.7 Å². The van der Waals surface area contributed by atoms with Crippen molar-refractivity contribution in [3.8, 4) is 0 Å². The highest BCUT2D eigenvalue weighted by atomic mass is 79.9. The third-order valence-corrected chi connectivity index (χ3v) is 4.14. The van der Waals surface area contributed by atoms with Crippen LogP contribution in [0.4, 0.5) is 0 Å². The molecule has 0 bridgehead atoms. The van der Waals surface area contributed by atoms with Crippen molar-refractivity contribution in [1.29, 1.82) is 0 Å². The molecule has 0 aliphatic carbocycles. The van der Waals surface area contributed by atoms with Gasteiger partial charge in [0.15, 0.2) is 0 Å². The van der Waals surface area contributed by atoms with E-state index in [0.717, 1.165) is 0 Å². The normalized spacial score (nSPS) is 15.5. The van der Waals surface area contributed by atoms with E-state index in [-0.39, 0.29) is 23.4 Å². The second-order valence-electron chi connectivity index (χ2n) is 5.29. The molecule has 0 unspecified atom stereocenters. The molecule has 0 atom stereocenters. The smallest absolute Gasteiger partial charge is 0.335 e. The third kappa shape index (κ3) is 4.07. The Balaban J connectivity index is 2.01. The SMILES string of the molecule is CC(=O)N1CCC(NC(=O)c2cc(Br)cc(C(=O)O)c2)CC1. The number of carboxylic acids is 1. The van der Waals surface area contributed by atoms with Crippen LogP contribution in [0.5, 0.6) is 0 Å². The minimum absolute atomic E-state index is 0.00430. The summed E-state index contributed by atoms with van der Waals surface area (Å²) in [6, 6.07) is 4.39. The van der Waals surface area contributed by atoms with Gasteiger partial charge >= 0.3 is 5.97 Å². The number of nitrogens with one attached hydrogen (secondary N) is 1. The van der Waals surface area contributed by atoms with Gasteiger partial charge in [-0.3, -0.25) is 9.59 Å². The van der Waals surface area contributed by atoms with Gasteiger partial charge in [0.25, 0.3) is 5.91 Å². The van der Waals surface area contributed by atoms with Crippen molar-refractivity contribution in [1.82, 2.24) is 10.2 Å². The zero-order chi connectivity index (χ0) is 16.3. The molecule has 2 N–H and O–H groups in total. The van der Waals surface area contributed by atoms with Crippen LogP contribution in [0.3, 0.4) is 0 Å². The van der Waals surface area contributed by atoms with E-state index in [0.29, 0.717) is 36.0 Å². The average Bonchev–Trinajstić information content (AvgIpc) is 2.47. The average molecular weight is 369 g/mol. The Kier molecular flexibility index (Phi) is 5.18. The van der Waals surface area contributed by atoms with Crippen LogP contribution in [0.2, 0.25) is 0 Å². The molecule has 0 spiro atoms. The number of aromatic carboxylic acids is 1. The molecule has 2 rings (SSSR count). The Morgan fingerprint density at radius 1 is 1.18 bits per heavy atom. The van der Waals surface area contributed by atoms with Gasteiger partial charge in [0, 0.05) is 36.1 Å². The highest BCUT2D eigenvalue weighted by molar-refractivity contribution is 9.10. The van der Waals surface area contributed by atoms with Crippen LogP contribution >= 0.6 is 15.9 Å². The predicted octanol–water partition coefficient (Wildman–Crippen LogP) is 1.89. The number of carbonyl (C=O) groups excluding carboxylic acids is 2. The molecule has 7 heteroatoms. The minimum atomic E-state index is -1.08. The minimum Gasteiger partial charge on any atom is -0.478 e. The number of carboxylic acid groups (broad SMARTS) is 1. The van der Waals surface area contributed by atoms with E-state index in [9.17, 15) is 14.4 Å². The number of hydrogen-bond acceptors (Lipinski definition) is 3. The third-order valence-electron chi connectivity index (χ3n) is 3.68. The van der Waals surface area contributed by atoms with E-state index in [1.54, 1.807) is 11.0 Å². The molecule has 0 saturated carbocycles. The molecule has 0 radical (unpaired) electrons. The molecule has 2 amide bonds. The van der Waals surface area contributed by atoms with Gasteiger partial charge in [-0.25, -0.2) is 4.79 Å². The van der Waals surface area contributed by atoms with Crippen molar-refractivity contribution in [3.05, 3.63) is 33.8 Å². The fourth-order valence-corrected chi connectivity index (χ4v) is 2.94. The van der Waals surface area contributed by atoms with Gasteiger partial charge < -0.3 is 15.3 Å². The van der Waals surface area contributed by atoms with E-state index in [2.05, 4.69) is 21.2 Å². The summed E-state index contributed by atoms with van der Waals surface area (Å²) in [7, 11) is 0. The Morgan fingerprint density at radius 2 is 1.77 bits per heavy atom. The van der Waals surface area contributed by atoms with E-state index < -0.39 is 5.97 Å². The van der Waals surface area contributed by atoms with Crippen LogP contribution in [0.1, 0.15) is 40.5 Å². The summed E-state index contributed by atoms with van der Waals surface area (Å²) < 4.78 is 0.545. The van der Waals surface area contributed by atoms with Gasteiger partial charge in [-0.2, -0.15) is 0 Å². The van der Waals surface area contributed by atoms with Crippen LogP contribution in [0, 0.1) is 0 Å². The quantitative estimate of drug-likeness (QED) is 0.852. The molecule has 1 fully saturated rings. The lowest BCUT2D eigenvalue weighted by Crippen LogP contribution is -2.46. The zero-order valence-electron chi connectivity index (χ0n) is 12.1. The molecule has 1 aliphatic rings. The zero-order valence-corrected chi connectivity index (χ0v) is 13.7. The van der Waals surface area contributed by atoms with E-state index >= 15 is 0 Å².